The quantitative estimate of drug-likeness (QED) is 0.115. The first-order chi connectivity index (χ1) is 21.5. The number of allylic oxidation sites excluding steroid dienone is 1. The molecule has 0 bridgehead atoms. The molecule has 0 aromatic heterocycles. The van der Waals surface area contributed by atoms with E-state index in [1.54, 1.807) is 5.57 Å². The van der Waals surface area contributed by atoms with Crippen molar-refractivity contribution in [1.82, 2.24) is 5.32 Å². The molecule has 0 heterocycles. The normalized spacial score (nSPS) is 33.4. The van der Waals surface area contributed by atoms with Crippen LogP contribution in [-0.4, -0.2) is 25.2 Å². The highest BCUT2D eigenvalue weighted by Gasteiger charge is 2.59. The maximum atomic E-state index is 12.2. The van der Waals surface area contributed by atoms with Gasteiger partial charge in [-0.15, -0.1) is 0 Å². The molecule has 3 fully saturated rings. The zero-order chi connectivity index (χ0) is 32.5. The van der Waals surface area contributed by atoms with Gasteiger partial charge in [0.05, 0.1) is 6.10 Å². The molecule has 0 aliphatic heterocycles. The van der Waals surface area contributed by atoms with Crippen LogP contribution in [0.2, 0.25) is 0 Å². The lowest BCUT2D eigenvalue weighted by Gasteiger charge is -2.58. The predicted octanol–water partition coefficient (Wildman–Crippen LogP) is 11.7. The smallest absolute Gasteiger partial charge is 0.219 e. The Morgan fingerprint density at radius 3 is 2.33 bits per heavy atom. The third kappa shape index (κ3) is 9.85. The summed E-state index contributed by atoms with van der Waals surface area (Å²) in [5.74, 6) is 6.47. The first-order valence-electron chi connectivity index (χ1n) is 20.1. The van der Waals surface area contributed by atoms with Gasteiger partial charge in [0.1, 0.15) is 0 Å². The number of unbranched alkanes of at least 4 members (excludes halogenated alkanes) is 5. The van der Waals surface area contributed by atoms with Crippen LogP contribution in [0.5, 0.6) is 0 Å². The van der Waals surface area contributed by atoms with E-state index >= 15 is 0 Å². The van der Waals surface area contributed by atoms with Crippen LogP contribution in [0.4, 0.5) is 0 Å². The van der Waals surface area contributed by atoms with Crippen LogP contribution in [0, 0.1) is 52.3 Å². The summed E-state index contributed by atoms with van der Waals surface area (Å²) < 4.78 is 6.48. The number of ether oxygens (including phenoxy) is 1. The minimum Gasteiger partial charge on any atom is -0.378 e. The van der Waals surface area contributed by atoms with E-state index in [-0.39, 0.29) is 5.91 Å². The lowest BCUT2D eigenvalue weighted by molar-refractivity contribution is -0.121. The van der Waals surface area contributed by atoms with Gasteiger partial charge in [-0.3, -0.25) is 4.79 Å². The van der Waals surface area contributed by atoms with Gasteiger partial charge in [-0.1, -0.05) is 111 Å². The fourth-order valence-corrected chi connectivity index (χ4v) is 11.0. The van der Waals surface area contributed by atoms with Crippen LogP contribution >= 0.6 is 0 Å². The molecule has 1 amide bonds. The van der Waals surface area contributed by atoms with Crippen molar-refractivity contribution in [1.29, 1.82) is 0 Å². The van der Waals surface area contributed by atoms with Crippen LogP contribution in [0.1, 0.15) is 177 Å². The predicted molar refractivity (Wildman–Crippen MR) is 192 cm³/mol. The van der Waals surface area contributed by atoms with E-state index in [9.17, 15) is 4.79 Å². The van der Waals surface area contributed by atoms with Crippen molar-refractivity contribution in [2.24, 2.45) is 52.3 Å². The van der Waals surface area contributed by atoms with Crippen molar-refractivity contribution in [3.05, 3.63) is 11.6 Å². The summed E-state index contributed by atoms with van der Waals surface area (Å²) in [6, 6.07) is 0. The summed E-state index contributed by atoms with van der Waals surface area (Å²) >= 11 is 0. The number of amides is 1. The summed E-state index contributed by atoms with van der Waals surface area (Å²) in [6.45, 7) is 19.0. The van der Waals surface area contributed by atoms with Crippen LogP contribution in [0.15, 0.2) is 11.6 Å². The zero-order valence-corrected chi connectivity index (χ0v) is 31.1. The van der Waals surface area contributed by atoms with Gasteiger partial charge in [0.25, 0.3) is 0 Å². The van der Waals surface area contributed by atoms with Gasteiger partial charge in [0, 0.05) is 19.6 Å². The lowest BCUT2D eigenvalue weighted by atomic mass is 9.47. The Hall–Kier alpha value is -0.830. The van der Waals surface area contributed by atoms with Crippen LogP contribution in [0.3, 0.4) is 0 Å². The molecule has 4 rings (SSSR count). The lowest BCUT2D eigenvalue weighted by Crippen LogP contribution is -2.51. The average molecular weight is 626 g/mol. The second-order valence-electron chi connectivity index (χ2n) is 17.8. The highest BCUT2D eigenvalue weighted by Crippen LogP contribution is 2.67. The molecule has 1 unspecified atom stereocenters. The van der Waals surface area contributed by atoms with Crippen molar-refractivity contribution in [3.63, 3.8) is 0 Å². The highest BCUT2D eigenvalue weighted by molar-refractivity contribution is 5.75. The molecule has 4 aliphatic carbocycles. The fourth-order valence-electron chi connectivity index (χ4n) is 11.0. The summed E-state index contributed by atoms with van der Waals surface area (Å²) in [7, 11) is 0. The standard InChI is InChI=1S/C42H75NO2/c1-31(2)16-11-8-9-13-28-43-40(44)19-12-10-14-29-45-35-24-26-41(6)34(30-35)20-21-36-38-23-22-37(33(5)18-15-17-32(3)4)42(38,7)27-25-39(36)41/h20,31-33,35-39H,8-19,21-30H2,1-7H3,(H,43,44)/t33-,35+,36?,37-,38+,39+,41+,42-/m1/s1. The molecule has 8 atom stereocenters. The first kappa shape index (κ1) is 37.0. The minimum absolute atomic E-state index is 0.236. The molecule has 3 nitrogen and oxygen atoms in total. The Labute approximate surface area is 280 Å². The van der Waals surface area contributed by atoms with Gasteiger partial charge < -0.3 is 10.1 Å². The molecule has 0 aromatic carbocycles. The largest absolute Gasteiger partial charge is 0.378 e. The van der Waals surface area contributed by atoms with E-state index < -0.39 is 0 Å². The van der Waals surface area contributed by atoms with E-state index in [2.05, 4.69) is 59.9 Å². The number of nitrogens with one attached hydrogen (secondary N) is 1. The molecule has 3 saturated carbocycles. The summed E-state index contributed by atoms with van der Waals surface area (Å²) in [5, 5.41) is 3.13. The maximum absolute atomic E-state index is 12.2. The van der Waals surface area contributed by atoms with Gasteiger partial charge in [-0.2, -0.15) is 0 Å². The average Bonchev–Trinajstić information content (AvgIpc) is 3.35. The minimum atomic E-state index is 0.236. The number of carbonyl (C=O) groups excluding carboxylic acids is 1. The summed E-state index contributed by atoms with van der Waals surface area (Å²) in [5.41, 5.74) is 2.73. The third-order valence-corrected chi connectivity index (χ3v) is 13.7. The van der Waals surface area contributed by atoms with E-state index in [1.807, 2.05) is 0 Å². The van der Waals surface area contributed by atoms with Gasteiger partial charge in [-0.25, -0.2) is 0 Å². The molecule has 0 radical (unpaired) electrons. The molecule has 4 aliphatic rings. The molecule has 45 heavy (non-hydrogen) atoms. The van der Waals surface area contributed by atoms with Crippen molar-refractivity contribution >= 4 is 5.91 Å². The summed E-state index contributed by atoms with van der Waals surface area (Å²) in [6.07, 6.45) is 28.5. The van der Waals surface area contributed by atoms with E-state index in [0.29, 0.717) is 23.4 Å². The first-order valence-corrected chi connectivity index (χ1v) is 20.1. The number of fused-ring (bicyclic) bond motifs is 5. The number of rotatable bonds is 19. The zero-order valence-electron chi connectivity index (χ0n) is 31.1. The Morgan fingerprint density at radius 2 is 1.56 bits per heavy atom. The fraction of sp³-hybridized carbons (Fsp3) is 0.929. The second-order valence-corrected chi connectivity index (χ2v) is 17.8. The van der Waals surface area contributed by atoms with Crippen molar-refractivity contribution in [2.75, 3.05) is 13.2 Å². The molecule has 3 heteroatoms. The van der Waals surface area contributed by atoms with Gasteiger partial charge in [-0.05, 0) is 123 Å². The Morgan fingerprint density at radius 1 is 0.822 bits per heavy atom. The molecular formula is C42H75NO2. The van der Waals surface area contributed by atoms with Crippen molar-refractivity contribution < 1.29 is 9.53 Å². The molecule has 0 saturated heterocycles. The molecule has 0 aromatic rings. The van der Waals surface area contributed by atoms with E-state index in [4.69, 9.17) is 4.74 Å². The second kappa shape index (κ2) is 17.5. The van der Waals surface area contributed by atoms with Crippen molar-refractivity contribution in [3.8, 4) is 0 Å². The highest BCUT2D eigenvalue weighted by atomic mass is 16.5. The SMILES string of the molecule is CC(C)CCCCCCNC(=O)CCCCCO[C@H]1CC[C@@]2(C)C(=CCC3[C@@H]4CC[C@H]([C@H](C)CCCC(C)C)[C@@]4(C)CC[C@@H]32)C1. The van der Waals surface area contributed by atoms with Gasteiger partial charge >= 0.3 is 0 Å². The molecule has 260 valence electrons. The number of hydrogen-bond acceptors (Lipinski definition) is 2. The third-order valence-electron chi connectivity index (χ3n) is 13.7. The topological polar surface area (TPSA) is 38.3 Å². The number of carbonyl (C=O) groups is 1. The van der Waals surface area contributed by atoms with Gasteiger partial charge in [0.2, 0.25) is 5.91 Å². The maximum Gasteiger partial charge on any atom is 0.219 e. The molecule has 0 spiro atoms. The number of hydrogen-bond donors (Lipinski definition) is 1. The Kier molecular flexibility index (Phi) is 14.4. The van der Waals surface area contributed by atoms with Crippen molar-refractivity contribution in [2.45, 2.75) is 183 Å². The van der Waals surface area contributed by atoms with Crippen LogP contribution in [-0.2, 0) is 9.53 Å². The van der Waals surface area contributed by atoms with Crippen LogP contribution in [0.25, 0.3) is 0 Å². The van der Waals surface area contributed by atoms with Crippen LogP contribution < -0.4 is 5.32 Å². The summed E-state index contributed by atoms with van der Waals surface area (Å²) in [4.78, 5) is 12.2. The van der Waals surface area contributed by atoms with E-state index in [0.717, 1.165) is 86.7 Å². The monoisotopic (exact) mass is 626 g/mol. The van der Waals surface area contributed by atoms with Gasteiger partial charge in [0.15, 0.2) is 0 Å². The Balaban J connectivity index is 1.13. The van der Waals surface area contributed by atoms with E-state index in [1.165, 1.54) is 89.9 Å². The molecule has 1 N–H and O–H groups in total. The molecular weight excluding hydrogens is 550 g/mol. The Bertz CT molecular complexity index is 924.